The fourth-order valence-corrected chi connectivity index (χ4v) is 1.41. The van der Waals surface area contributed by atoms with E-state index in [-0.39, 0.29) is 17.7 Å². The highest BCUT2D eigenvalue weighted by Crippen LogP contribution is 2.24. The van der Waals surface area contributed by atoms with Crippen molar-refractivity contribution in [2.24, 2.45) is 22.8 Å². The molecule has 13 heavy (non-hydrogen) atoms. The highest BCUT2D eigenvalue weighted by Gasteiger charge is 2.18. The van der Waals surface area contributed by atoms with Crippen LogP contribution in [-0.2, 0) is 0 Å². The average Bonchev–Trinajstić information content (AvgIpc) is 1.87. The van der Waals surface area contributed by atoms with Crippen molar-refractivity contribution in [1.82, 2.24) is 12.3 Å². The fourth-order valence-electron chi connectivity index (χ4n) is 1.41. The van der Waals surface area contributed by atoms with Gasteiger partial charge in [-0.3, -0.25) is 0 Å². The van der Waals surface area contributed by atoms with Crippen molar-refractivity contribution in [2.75, 3.05) is 13.1 Å². The van der Waals surface area contributed by atoms with Crippen LogP contribution in [0, 0.1) is 11.3 Å². The minimum atomic E-state index is 0. The minimum Gasteiger partial charge on any atom is -0.344 e. The van der Waals surface area contributed by atoms with Gasteiger partial charge >= 0.3 is 0 Å². The zero-order valence-electron chi connectivity index (χ0n) is 9.47. The molecule has 0 radical (unpaired) electrons. The predicted octanol–water partition coefficient (Wildman–Crippen LogP) is 1.67. The molecule has 0 aliphatic rings. The van der Waals surface area contributed by atoms with Crippen LogP contribution < -0.4 is 23.8 Å². The van der Waals surface area contributed by atoms with Gasteiger partial charge in [0.1, 0.15) is 0 Å². The van der Waals surface area contributed by atoms with E-state index < -0.39 is 0 Å². The van der Waals surface area contributed by atoms with Crippen LogP contribution in [0.5, 0.6) is 0 Å². The smallest absolute Gasteiger partial charge is 0.00257 e. The molecule has 0 spiro atoms. The molecule has 0 heterocycles. The molecule has 0 saturated heterocycles. The number of hydrogen-bond acceptors (Lipinski definition) is 4. The third-order valence-electron chi connectivity index (χ3n) is 2.11. The van der Waals surface area contributed by atoms with Gasteiger partial charge in [-0.15, -0.1) is 0 Å². The lowest BCUT2D eigenvalue weighted by molar-refractivity contribution is 0.279. The van der Waals surface area contributed by atoms with Crippen LogP contribution in [0.1, 0.15) is 33.6 Å². The zero-order chi connectivity index (χ0) is 8.91. The highest BCUT2D eigenvalue weighted by atomic mass is 14.6. The van der Waals surface area contributed by atoms with Gasteiger partial charge in [-0.05, 0) is 37.3 Å². The second-order valence-electron chi connectivity index (χ2n) is 4.25. The molecule has 0 aromatic heterocycles. The van der Waals surface area contributed by atoms with E-state index in [4.69, 9.17) is 11.5 Å². The molecule has 1 unspecified atom stereocenters. The molecular weight excluding hydrogens is 164 g/mol. The zero-order valence-corrected chi connectivity index (χ0v) is 9.47. The standard InChI is InChI=1S/C9H22N2.2H3N/c1-8(4-5-10)6-9(2,3)7-11;;/h8H,4-7,10-11H2,1-3H3;2*1H3. The molecule has 0 aliphatic carbocycles. The van der Waals surface area contributed by atoms with Gasteiger partial charge in [0, 0.05) is 0 Å². The van der Waals surface area contributed by atoms with E-state index in [0.29, 0.717) is 5.92 Å². The van der Waals surface area contributed by atoms with E-state index in [1.807, 2.05) is 0 Å². The largest absolute Gasteiger partial charge is 0.344 e. The van der Waals surface area contributed by atoms with Crippen LogP contribution in [0.2, 0.25) is 0 Å². The Morgan fingerprint density at radius 2 is 1.62 bits per heavy atom. The Hall–Kier alpha value is -0.160. The molecule has 10 N–H and O–H groups in total. The van der Waals surface area contributed by atoms with Crippen molar-refractivity contribution >= 4 is 0 Å². The molecule has 0 aromatic carbocycles. The van der Waals surface area contributed by atoms with Gasteiger partial charge in [0.2, 0.25) is 0 Å². The Kier molecular flexibility index (Phi) is 12.1. The maximum absolute atomic E-state index is 5.62. The summed E-state index contributed by atoms with van der Waals surface area (Å²) in [6, 6.07) is 0. The van der Waals surface area contributed by atoms with Crippen LogP contribution in [0.25, 0.3) is 0 Å². The molecule has 84 valence electrons. The van der Waals surface area contributed by atoms with E-state index in [1.165, 1.54) is 6.42 Å². The monoisotopic (exact) mass is 192 g/mol. The Bertz CT molecular complexity index is 104. The summed E-state index contributed by atoms with van der Waals surface area (Å²) in [4.78, 5) is 0. The molecule has 0 fully saturated rings. The summed E-state index contributed by atoms with van der Waals surface area (Å²) >= 11 is 0. The van der Waals surface area contributed by atoms with Gasteiger partial charge in [-0.25, -0.2) is 0 Å². The summed E-state index contributed by atoms with van der Waals surface area (Å²) in [6.07, 6.45) is 2.30. The van der Waals surface area contributed by atoms with Gasteiger partial charge in [0.25, 0.3) is 0 Å². The summed E-state index contributed by atoms with van der Waals surface area (Å²) in [5, 5.41) is 0. The molecule has 4 nitrogen and oxygen atoms in total. The minimum absolute atomic E-state index is 0. The van der Waals surface area contributed by atoms with Crippen LogP contribution in [0.15, 0.2) is 0 Å². The molecule has 0 aliphatic heterocycles. The topological polar surface area (TPSA) is 122 Å². The predicted molar refractivity (Wildman–Crippen MR) is 60.3 cm³/mol. The van der Waals surface area contributed by atoms with E-state index >= 15 is 0 Å². The summed E-state index contributed by atoms with van der Waals surface area (Å²) < 4.78 is 0. The number of rotatable bonds is 5. The Morgan fingerprint density at radius 1 is 1.15 bits per heavy atom. The SMILES string of the molecule is CC(CCN)CC(C)(C)CN.N.N. The fraction of sp³-hybridized carbons (Fsp3) is 1.00. The first-order chi connectivity index (χ1) is 5.02. The van der Waals surface area contributed by atoms with Crippen LogP contribution >= 0.6 is 0 Å². The van der Waals surface area contributed by atoms with Crippen LogP contribution in [-0.4, -0.2) is 13.1 Å². The summed E-state index contributed by atoms with van der Waals surface area (Å²) in [7, 11) is 0. The van der Waals surface area contributed by atoms with Gasteiger partial charge < -0.3 is 23.8 Å². The van der Waals surface area contributed by atoms with E-state index in [0.717, 1.165) is 19.5 Å². The van der Waals surface area contributed by atoms with E-state index in [9.17, 15) is 0 Å². The van der Waals surface area contributed by atoms with Gasteiger partial charge in [-0.1, -0.05) is 20.8 Å². The molecule has 0 amide bonds. The van der Waals surface area contributed by atoms with Crippen molar-refractivity contribution < 1.29 is 0 Å². The first-order valence-electron chi connectivity index (χ1n) is 4.42. The molecule has 0 rings (SSSR count). The van der Waals surface area contributed by atoms with Crippen molar-refractivity contribution in [2.45, 2.75) is 33.6 Å². The molecule has 1 atom stereocenters. The van der Waals surface area contributed by atoms with Crippen LogP contribution in [0.4, 0.5) is 0 Å². The average molecular weight is 192 g/mol. The van der Waals surface area contributed by atoms with Crippen molar-refractivity contribution in [1.29, 1.82) is 0 Å². The lowest BCUT2D eigenvalue weighted by Crippen LogP contribution is -2.26. The maximum atomic E-state index is 5.62. The van der Waals surface area contributed by atoms with Gasteiger partial charge in [0.05, 0.1) is 0 Å². The summed E-state index contributed by atoms with van der Waals surface area (Å²) in [5.41, 5.74) is 11.4. The Labute approximate surface area is 82.6 Å². The van der Waals surface area contributed by atoms with Gasteiger partial charge in [-0.2, -0.15) is 0 Å². The molecule has 0 saturated carbocycles. The third kappa shape index (κ3) is 9.76. The first kappa shape index (κ1) is 18.6. The third-order valence-corrected chi connectivity index (χ3v) is 2.11. The molecule has 4 heteroatoms. The number of nitrogens with two attached hydrogens (primary N) is 2. The van der Waals surface area contributed by atoms with Crippen molar-refractivity contribution in [3.05, 3.63) is 0 Å². The molecular formula is C9H28N4. The van der Waals surface area contributed by atoms with Crippen LogP contribution in [0.3, 0.4) is 0 Å². The van der Waals surface area contributed by atoms with E-state index in [1.54, 1.807) is 0 Å². The lowest BCUT2D eigenvalue weighted by atomic mass is 9.82. The Morgan fingerprint density at radius 3 is 1.92 bits per heavy atom. The number of hydrogen-bond donors (Lipinski definition) is 4. The summed E-state index contributed by atoms with van der Waals surface area (Å²) in [5.74, 6) is 0.707. The van der Waals surface area contributed by atoms with E-state index in [2.05, 4.69) is 20.8 Å². The Balaban J connectivity index is -0.000000500. The maximum Gasteiger partial charge on any atom is -0.00257 e. The summed E-state index contributed by atoms with van der Waals surface area (Å²) in [6.45, 7) is 8.22. The second kappa shape index (κ2) is 8.44. The first-order valence-corrected chi connectivity index (χ1v) is 4.42. The quantitative estimate of drug-likeness (QED) is 0.529. The molecule has 0 bridgehead atoms. The lowest BCUT2D eigenvalue weighted by Gasteiger charge is -2.25. The highest BCUT2D eigenvalue weighted by molar-refractivity contribution is 4.72. The normalized spacial score (nSPS) is 12.7. The second-order valence-corrected chi connectivity index (χ2v) is 4.25. The van der Waals surface area contributed by atoms with Gasteiger partial charge in [0.15, 0.2) is 0 Å². The van der Waals surface area contributed by atoms with Crippen molar-refractivity contribution in [3.8, 4) is 0 Å². The van der Waals surface area contributed by atoms with Crippen molar-refractivity contribution in [3.63, 3.8) is 0 Å². The molecule has 0 aromatic rings.